The molecule has 0 saturated heterocycles. The summed E-state index contributed by atoms with van der Waals surface area (Å²) in [7, 11) is -2.04. The molecule has 0 fully saturated rings. The van der Waals surface area contributed by atoms with Gasteiger partial charge in [-0.05, 0) is 51.1 Å². The Bertz CT molecular complexity index is 694. The van der Waals surface area contributed by atoms with E-state index in [9.17, 15) is 8.42 Å². The zero-order valence-corrected chi connectivity index (χ0v) is 13.1. The van der Waals surface area contributed by atoms with Crippen LogP contribution in [0.5, 0.6) is 5.75 Å². The maximum atomic E-state index is 11.9. The second-order valence-corrected chi connectivity index (χ2v) is 7.20. The van der Waals surface area contributed by atoms with Crippen molar-refractivity contribution in [2.45, 2.75) is 4.21 Å². The number of halogens is 1. The number of benzene rings is 1. The molecule has 100 valence electrons. The number of hydrogen-bond acceptors (Lipinski definition) is 4. The van der Waals surface area contributed by atoms with Crippen molar-refractivity contribution in [2.24, 2.45) is 4.40 Å². The van der Waals surface area contributed by atoms with E-state index in [1.54, 1.807) is 36.8 Å². The van der Waals surface area contributed by atoms with Gasteiger partial charge in [-0.1, -0.05) is 6.07 Å². The summed E-state index contributed by atoms with van der Waals surface area (Å²) in [6, 6.07) is 8.42. The summed E-state index contributed by atoms with van der Waals surface area (Å²) in [5.74, 6) is 0.679. The highest BCUT2D eigenvalue weighted by atomic mass is 79.9. The zero-order valence-electron chi connectivity index (χ0n) is 9.91. The summed E-state index contributed by atoms with van der Waals surface area (Å²) in [6.45, 7) is 0. The molecule has 0 aliphatic rings. The summed E-state index contributed by atoms with van der Waals surface area (Å²) >= 11 is 4.48. The van der Waals surface area contributed by atoms with Crippen LogP contribution >= 0.6 is 27.3 Å². The minimum absolute atomic E-state index is 0.233. The highest BCUT2D eigenvalue weighted by Gasteiger charge is 2.12. The van der Waals surface area contributed by atoms with Gasteiger partial charge in [0.05, 0.1) is 11.6 Å². The Hall–Kier alpha value is -1.18. The first-order valence-electron chi connectivity index (χ1n) is 5.20. The van der Waals surface area contributed by atoms with Crippen LogP contribution in [0, 0.1) is 0 Å². The van der Waals surface area contributed by atoms with Crippen LogP contribution in [0.15, 0.2) is 48.8 Å². The van der Waals surface area contributed by atoms with E-state index in [0.29, 0.717) is 11.3 Å². The van der Waals surface area contributed by atoms with Gasteiger partial charge >= 0.3 is 0 Å². The molecule has 0 unspecified atom stereocenters. The monoisotopic (exact) mass is 359 g/mol. The van der Waals surface area contributed by atoms with Gasteiger partial charge in [-0.15, -0.1) is 11.3 Å². The smallest absolute Gasteiger partial charge is 0.291 e. The molecule has 0 aliphatic carbocycles. The molecule has 19 heavy (non-hydrogen) atoms. The summed E-state index contributed by atoms with van der Waals surface area (Å²) in [6.07, 6.45) is 1.32. The minimum Gasteiger partial charge on any atom is -0.496 e. The Balaban J connectivity index is 2.26. The molecule has 1 aromatic heterocycles. The average molecular weight is 360 g/mol. The quantitative estimate of drug-likeness (QED) is 0.786. The predicted molar refractivity (Wildman–Crippen MR) is 79.8 cm³/mol. The van der Waals surface area contributed by atoms with Crippen molar-refractivity contribution < 1.29 is 13.2 Å². The van der Waals surface area contributed by atoms with Crippen LogP contribution in [0.4, 0.5) is 0 Å². The summed E-state index contributed by atoms with van der Waals surface area (Å²) in [4.78, 5) is 0. The van der Waals surface area contributed by atoms with Gasteiger partial charge in [0.15, 0.2) is 0 Å². The Labute approximate surface area is 123 Å². The second kappa shape index (κ2) is 5.85. The van der Waals surface area contributed by atoms with Gasteiger partial charge in [0, 0.05) is 6.21 Å². The molecule has 0 bridgehead atoms. The number of ether oxygens (including phenoxy) is 1. The average Bonchev–Trinajstić information content (AvgIpc) is 2.91. The Morgan fingerprint density at radius 2 is 2.16 bits per heavy atom. The van der Waals surface area contributed by atoms with Crippen molar-refractivity contribution in [1.29, 1.82) is 0 Å². The van der Waals surface area contributed by atoms with E-state index < -0.39 is 10.0 Å². The molecular weight excluding hydrogens is 350 g/mol. The molecular formula is C12H10BrNO3S2. The third-order valence-electron chi connectivity index (χ3n) is 2.27. The number of methoxy groups -OCH3 is 1. The lowest BCUT2D eigenvalue weighted by Crippen LogP contribution is -1.95. The highest BCUT2D eigenvalue weighted by Crippen LogP contribution is 2.25. The SMILES string of the molecule is COc1ccc(/C=N\S(=O)(=O)c2cccs2)cc1Br. The van der Waals surface area contributed by atoms with E-state index in [1.807, 2.05) is 0 Å². The molecule has 0 amide bonds. The summed E-state index contributed by atoms with van der Waals surface area (Å²) in [5, 5.41) is 1.70. The van der Waals surface area contributed by atoms with E-state index >= 15 is 0 Å². The lowest BCUT2D eigenvalue weighted by Gasteiger charge is -2.02. The van der Waals surface area contributed by atoms with E-state index in [4.69, 9.17) is 4.74 Å². The lowest BCUT2D eigenvalue weighted by molar-refractivity contribution is 0.412. The van der Waals surface area contributed by atoms with Gasteiger partial charge in [-0.25, -0.2) is 0 Å². The van der Waals surface area contributed by atoms with Crippen LogP contribution in [-0.4, -0.2) is 21.7 Å². The van der Waals surface area contributed by atoms with Crippen LogP contribution in [0.25, 0.3) is 0 Å². The first-order valence-corrected chi connectivity index (χ1v) is 8.31. The highest BCUT2D eigenvalue weighted by molar-refractivity contribution is 9.10. The molecule has 0 radical (unpaired) electrons. The number of sulfonamides is 1. The van der Waals surface area contributed by atoms with Crippen molar-refractivity contribution >= 4 is 43.5 Å². The molecule has 2 rings (SSSR count). The standard InChI is InChI=1S/C12H10BrNO3S2/c1-17-11-5-4-9(7-10(11)13)8-14-19(15,16)12-3-2-6-18-12/h2-8H,1H3/b14-8-. The number of thiophene rings is 1. The van der Waals surface area contributed by atoms with Crippen molar-refractivity contribution in [3.05, 3.63) is 45.7 Å². The van der Waals surface area contributed by atoms with Gasteiger partial charge < -0.3 is 4.74 Å². The normalized spacial score (nSPS) is 11.9. The van der Waals surface area contributed by atoms with Gasteiger partial charge in [0.2, 0.25) is 0 Å². The summed E-state index contributed by atoms with van der Waals surface area (Å²) < 4.78 is 33.4. The molecule has 1 aromatic carbocycles. The van der Waals surface area contributed by atoms with E-state index in [0.717, 1.165) is 15.8 Å². The third-order valence-corrected chi connectivity index (χ3v) is 5.50. The second-order valence-electron chi connectivity index (χ2n) is 3.54. The van der Waals surface area contributed by atoms with E-state index in [1.165, 1.54) is 12.3 Å². The molecule has 0 atom stereocenters. The predicted octanol–water partition coefficient (Wildman–Crippen LogP) is 3.33. The fourth-order valence-electron chi connectivity index (χ4n) is 1.36. The molecule has 4 nitrogen and oxygen atoms in total. The third kappa shape index (κ3) is 3.43. The van der Waals surface area contributed by atoms with Gasteiger partial charge in [0.25, 0.3) is 10.0 Å². The summed E-state index contributed by atoms with van der Waals surface area (Å²) in [5.41, 5.74) is 0.674. The van der Waals surface area contributed by atoms with Crippen LogP contribution in [0.2, 0.25) is 0 Å². The van der Waals surface area contributed by atoms with Crippen molar-refractivity contribution in [1.82, 2.24) is 0 Å². The Kier molecular flexibility index (Phi) is 4.38. The van der Waals surface area contributed by atoms with Crippen molar-refractivity contribution in [3.63, 3.8) is 0 Å². The molecule has 7 heteroatoms. The van der Waals surface area contributed by atoms with Crippen LogP contribution < -0.4 is 4.74 Å². The molecule has 0 saturated carbocycles. The molecule has 0 aliphatic heterocycles. The number of rotatable bonds is 4. The Morgan fingerprint density at radius 1 is 1.37 bits per heavy atom. The zero-order chi connectivity index (χ0) is 13.9. The maximum absolute atomic E-state index is 11.9. The maximum Gasteiger partial charge on any atom is 0.291 e. The first-order chi connectivity index (χ1) is 9.03. The van der Waals surface area contributed by atoms with Crippen LogP contribution in [0.3, 0.4) is 0 Å². The van der Waals surface area contributed by atoms with Gasteiger partial charge in [-0.3, -0.25) is 0 Å². The van der Waals surface area contributed by atoms with Crippen molar-refractivity contribution in [2.75, 3.05) is 7.11 Å². The Morgan fingerprint density at radius 3 is 2.74 bits per heavy atom. The molecule has 0 spiro atoms. The fourth-order valence-corrected chi connectivity index (χ4v) is 3.76. The van der Waals surface area contributed by atoms with Crippen LogP contribution in [-0.2, 0) is 10.0 Å². The molecule has 2 aromatic rings. The van der Waals surface area contributed by atoms with Gasteiger partial charge in [0.1, 0.15) is 9.96 Å². The lowest BCUT2D eigenvalue weighted by atomic mass is 10.2. The first kappa shape index (κ1) is 14.2. The number of hydrogen-bond donors (Lipinski definition) is 0. The fraction of sp³-hybridized carbons (Fsp3) is 0.0833. The molecule has 0 N–H and O–H groups in total. The van der Waals surface area contributed by atoms with Gasteiger partial charge in [-0.2, -0.15) is 12.8 Å². The largest absolute Gasteiger partial charge is 0.496 e. The number of nitrogens with zero attached hydrogens (tertiary/aromatic N) is 1. The van der Waals surface area contributed by atoms with E-state index in [2.05, 4.69) is 20.3 Å². The van der Waals surface area contributed by atoms with Crippen LogP contribution in [0.1, 0.15) is 5.56 Å². The van der Waals surface area contributed by atoms with Crippen molar-refractivity contribution in [3.8, 4) is 5.75 Å². The molecule has 1 heterocycles. The topological polar surface area (TPSA) is 55.7 Å². The van der Waals surface area contributed by atoms with E-state index in [-0.39, 0.29) is 4.21 Å². The minimum atomic E-state index is -3.60.